The zero-order chi connectivity index (χ0) is 18.5. The number of aliphatic hydroxyl groups is 1. The van der Waals surface area contributed by atoms with Crippen LogP contribution in [0.1, 0.15) is 44.2 Å². The van der Waals surface area contributed by atoms with Gasteiger partial charge in [0.25, 0.3) is 5.92 Å². The highest BCUT2D eigenvalue weighted by Gasteiger charge is 2.55. The zero-order valence-electron chi connectivity index (χ0n) is 14.6. The molecule has 140 valence electrons. The summed E-state index contributed by atoms with van der Waals surface area (Å²) in [5.41, 5.74) is -1.02. The lowest BCUT2D eigenvalue weighted by Gasteiger charge is -2.43. The summed E-state index contributed by atoms with van der Waals surface area (Å²) < 4.78 is 31.2. The Morgan fingerprint density at radius 1 is 1.44 bits per heavy atom. The van der Waals surface area contributed by atoms with Crippen LogP contribution in [0.4, 0.5) is 18.7 Å². The van der Waals surface area contributed by atoms with Crippen molar-refractivity contribution in [2.45, 2.75) is 63.7 Å². The molecule has 1 amide bonds. The molecule has 1 aliphatic carbocycles. The van der Waals surface area contributed by atoms with Crippen LogP contribution in [0.5, 0.6) is 0 Å². The highest BCUT2D eigenvalue weighted by atomic mass is 32.1. The minimum atomic E-state index is -2.77. The van der Waals surface area contributed by atoms with Gasteiger partial charge in [-0.1, -0.05) is 11.3 Å². The van der Waals surface area contributed by atoms with Crippen molar-refractivity contribution in [2.24, 2.45) is 0 Å². The molecule has 1 aromatic rings. The summed E-state index contributed by atoms with van der Waals surface area (Å²) in [6, 6.07) is 0. The summed E-state index contributed by atoms with van der Waals surface area (Å²) in [5, 5.41) is 13.5. The average molecular weight is 375 g/mol. The number of hydrogen-bond donors (Lipinski definition) is 2. The molecule has 1 fully saturated rings. The third-order valence-corrected chi connectivity index (χ3v) is 5.17. The molecular formula is C16H23F2N3O3S. The van der Waals surface area contributed by atoms with Crippen molar-refractivity contribution >= 4 is 22.6 Å². The zero-order valence-corrected chi connectivity index (χ0v) is 15.4. The molecule has 0 unspecified atom stereocenters. The van der Waals surface area contributed by atoms with Crippen molar-refractivity contribution in [3.8, 4) is 0 Å². The second-order valence-electron chi connectivity index (χ2n) is 7.83. The first-order valence-electron chi connectivity index (χ1n) is 8.25. The van der Waals surface area contributed by atoms with E-state index in [-0.39, 0.29) is 12.6 Å². The van der Waals surface area contributed by atoms with Crippen LogP contribution in [0, 0.1) is 0 Å². The normalized spacial score (nSPS) is 21.3. The largest absolute Gasteiger partial charge is 0.444 e. The number of nitrogens with zero attached hydrogens (tertiary/aromatic N) is 2. The monoisotopic (exact) mass is 375 g/mol. The molecule has 9 heteroatoms. The Morgan fingerprint density at radius 3 is 2.72 bits per heavy atom. The van der Waals surface area contributed by atoms with E-state index in [9.17, 15) is 18.7 Å². The molecule has 2 heterocycles. The first kappa shape index (κ1) is 18.3. The smallest absolute Gasteiger partial charge is 0.410 e. The van der Waals surface area contributed by atoms with E-state index < -0.39 is 30.0 Å². The number of aromatic nitrogens is 1. The van der Waals surface area contributed by atoms with E-state index in [1.807, 2.05) is 20.8 Å². The fourth-order valence-corrected chi connectivity index (χ4v) is 4.05. The SMILES string of the molecule is CC(C)(C)OC(=O)N1CCc2nc(NCC3(O)CC(F)(F)C3)sc2C1. The lowest BCUT2D eigenvalue weighted by molar-refractivity contribution is -0.197. The Bertz CT molecular complexity index is 664. The van der Waals surface area contributed by atoms with Crippen LogP contribution >= 0.6 is 11.3 Å². The predicted molar refractivity (Wildman–Crippen MR) is 90.1 cm³/mol. The number of ether oxygens (including phenoxy) is 1. The van der Waals surface area contributed by atoms with Gasteiger partial charge in [-0.15, -0.1) is 0 Å². The van der Waals surface area contributed by atoms with E-state index in [4.69, 9.17) is 4.74 Å². The fourth-order valence-electron chi connectivity index (χ4n) is 3.03. The fraction of sp³-hybridized carbons (Fsp3) is 0.750. The Balaban J connectivity index is 1.57. The summed E-state index contributed by atoms with van der Waals surface area (Å²) in [7, 11) is 0. The van der Waals surface area contributed by atoms with E-state index in [0.29, 0.717) is 24.6 Å². The van der Waals surface area contributed by atoms with Crippen LogP contribution in [0.25, 0.3) is 0 Å². The van der Waals surface area contributed by atoms with E-state index >= 15 is 0 Å². The van der Waals surface area contributed by atoms with Crippen LogP contribution in [-0.4, -0.2) is 51.3 Å². The van der Waals surface area contributed by atoms with Crippen molar-refractivity contribution in [3.05, 3.63) is 10.6 Å². The maximum atomic E-state index is 12.9. The molecule has 0 atom stereocenters. The minimum absolute atomic E-state index is 0.0464. The van der Waals surface area contributed by atoms with E-state index in [1.165, 1.54) is 11.3 Å². The van der Waals surface area contributed by atoms with Gasteiger partial charge in [0, 0.05) is 37.2 Å². The molecule has 0 bridgehead atoms. The Kier molecular flexibility index (Phi) is 4.43. The molecule has 6 nitrogen and oxygen atoms in total. The quantitative estimate of drug-likeness (QED) is 0.850. The van der Waals surface area contributed by atoms with Gasteiger partial charge in [0.1, 0.15) is 5.60 Å². The number of carbonyl (C=O) groups is 1. The molecule has 25 heavy (non-hydrogen) atoms. The number of hydrogen-bond acceptors (Lipinski definition) is 6. The second kappa shape index (κ2) is 6.05. The molecule has 0 radical (unpaired) electrons. The standard InChI is InChI=1S/C16H23F2N3O3S/c1-14(2,3)24-13(22)21-5-4-10-11(6-21)25-12(20-10)19-9-15(23)7-16(17,18)8-15/h23H,4-9H2,1-3H3,(H,19,20). The Labute approximate surface area is 149 Å². The summed E-state index contributed by atoms with van der Waals surface area (Å²) in [4.78, 5) is 19.2. The predicted octanol–water partition coefficient (Wildman–Crippen LogP) is 3.01. The number of alkyl halides is 2. The number of amides is 1. The molecule has 1 aliphatic heterocycles. The number of carbonyl (C=O) groups excluding carboxylic acids is 1. The van der Waals surface area contributed by atoms with Gasteiger partial charge in [0.2, 0.25) is 0 Å². The van der Waals surface area contributed by atoms with E-state index in [1.54, 1.807) is 4.90 Å². The maximum absolute atomic E-state index is 12.9. The van der Waals surface area contributed by atoms with E-state index in [0.717, 1.165) is 10.6 Å². The molecule has 1 aromatic heterocycles. The lowest BCUT2D eigenvalue weighted by Crippen LogP contribution is -2.55. The Morgan fingerprint density at radius 2 is 2.12 bits per heavy atom. The summed E-state index contributed by atoms with van der Waals surface area (Å²) in [6.07, 6.45) is -0.781. The third kappa shape index (κ3) is 4.38. The topological polar surface area (TPSA) is 74.7 Å². The lowest BCUT2D eigenvalue weighted by atomic mass is 9.76. The van der Waals surface area contributed by atoms with Crippen LogP contribution < -0.4 is 5.32 Å². The summed E-state index contributed by atoms with van der Waals surface area (Å²) in [5.74, 6) is -2.77. The number of thiazole rings is 1. The van der Waals surface area contributed by atoms with Gasteiger partial charge in [0.15, 0.2) is 5.13 Å². The molecule has 0 aromatic carbocycles. The van der Waals surface area contributed by atoms with Gasteiger partial charge in [-0.3, -0.25) is 0 Å². The van der Waals surface area contributed by atoms with Gasteiger partial charge in [-0.25, -0.2) is 18.6 Å². The average Bonchev–Trinajstić information content (AvgIpc) is 2.83. The maximum Gasteiger partial charge on any atom is 0.410 e. The minimum Gasteiger partial charge on any atom is -0.444 e. The van der Waals surface area contributed by atoms with Gasteiger partial charge in [-0.2, -0.15) is 0 Å². The summed E-state index contributed by atoms with van der Waals surface area (Å²) >= 11 is 1.38. The molecular weight excluding hydrogens is 352 g/mol. The van der Waals surface area contributed by atoms with Crippen LogP contribution in [0.3, 0.4) is 0 Å². The van der Waals surface area contributed by atoms with Crippen molar-refractivity contribution in [2.75, 3.05) is 18.4 Å². The summed E-state index contributed by atoms with van der Waals surface area (Å²) in [6.45, 7) is 6.47. The van der Waals surface area contributed by atoms with Gasteiger partial charge >= 0.3 is 6.09 Å². The molecule has 2 N–H and O–H groups in total. The highest BCUT2D eigenvalue weighted by molar-refractivity contribution is 7.15. The number of anilines is 1. The van der Waals surface area contributed by atoms with Gasteiger partial charge < -0.3 is 20.1 Å². The first-order valence-corrected chi connectivity index (χ1v) is 9.07. The number of halogens is 2. The van der Waals surface area contributed by atoms with Crippen molar-refractivity contribution in [1.82, 2.24) is 9.88 Å². The second-order valence-corrected chi connectivity index (χ2v) is 8.91. The van der Waals surface area contributed by atoms with Crippen molar-refractivity contribution in [1.29, 1.82) is 0 Å². The first-order chi connectivity index (χ1) is 11.4. The Hall–Kier alpha value is -1.48. The number of nitrogens with one attached hydrogen (secondary N) is 1. The van der Waals surface area contributed by atoms with Crippen LogP contribution in [0.2, 0.25) is 0 Å². The van der Waals surface area contributed by atoms with Gasteiger partial charge in [-0.05, 0) is 20.8 Å². The van der Waals surface area contributed by atoms with Crippen molar-refractivity contribution in [3.63, 3.8) is 0 Å². The molecule has 2 aliphatic rings. The number of fused-ring (bicyclic) bond motifs is 1. The molecule has 3 rings (SSSR count). The van der Waals surface area contributed by atoms with Crippen LogP contribution in [-0.2, 0) is 17.7 Å². The molecule has 1 saturated carbocycles. The number of rotatable bonds is 3. The molecule has 0 saturated heterocycles. The highest BCUT2D eigenvalue weighted by Crippen LogP contribution is 2.45. The van der Waals surface area contributed by atoms with Crippen molar-refractivity contribution < 1.29 is 23.4 Å². The molecule has 0 spiro atoms. The van der Waals surface area contributed by atoms with Crippen LogP contribution in [0.15, 0.2) is 0 Å². The van der Waals surface area contributed by atoms with Gasteiger partial charge in [0.05, 0.1) is 17.8 Å². The van der Waals surface area contributed by atoms with E-state index in [2.05, 4.69) is 10.3 Å². The third-order valence-electron chi connectivity index (χ3n) is 4.13.